The first-order valence-electron chi connectivity index (χ1n) is 7.20. The molecule has 114 valence electrons. The van der Waals surface area contributed by atoms with Gasteiger partial charge in [-0.15, -0.1) is 0 Å². The molecule has 1 saturated carbocycles. The van der Waals surface area contributed by atoms with Gasteiger partial charge >= 0.3 is 0 Å². The van der Waals surface area contributed by atoms with Gasteiger partial charge in [0, 0.05) is 25.3 Å². The minimum Gasteiger partial charge on any atom is -0.380 e. The number of hydrogen-bond acceptors (Lipinski definition) is 3. The largest absolute Gasteiger partial charge is 0.380 e. The minimum atomic E-state index is -1.24. The maximum atomic E-state index is 12.1. The molecule has 0 heterocycles. The van der Waals surface area contributed by atoms with E-state index in [0.29, 0.717) is 24.1 Å². The average Bonchev–Trinajstić information content (AvgIpc) is 2.86. The van der Waals surface area contributed by atoms with Crippen molar-refractivity contribution >= 4 is 17.5 Å². The number of hydrogen-bond donors (Lipinski definition) is 2. The van der Waals surface area contributed by atoms with Crippen LogP contribution in [0.3, 0.4) is 0 Å². The Morgan fingerprint density at radius 3 is 2.38 bits per heavy atom. The number of rotatable bonds is 3. The van der Waals surface area contributed by atoms with Crippen molar-refractivity contribution in [2.24, 2.45) is 0 Å². The van der Waals surface area contributed by atoms with Crippen LogP contribution >= 0.6 is 0 Å². The van der Waals surface area contributed by atoms with E-state index in [1.807, 2.05) is 6.92 Å². The Hall–Kier alpha value is -1.88. The molecule has 1 aromatic carbocycles. The van der Waals surface area contributed by atoms with Crippen LogP contribution < -0.4 is 5.32 Å². The molecule has 21 heavy (non-hydrogen) atoms. The van der Waals surface area contributed by atoms with E-state index in [0.717, 1.165) is 18.4 Å². The van der Waals surface area contributed by atoms with Crippen molar-refractivity contribution in [2.45, 2.75) is 38.2 Å². The Morgan fingerprint density at radius 2 is 1.86 bits per heavy atom. The highest BCUT2D eigenvalue weighted by Gasteiger charge is 2.38. The van der Waals surface area contributed by atoms with Gasteiger partial charge in [0.05, 0.1) is 0 Å². The highest BCUT2D eigenvalue weighted by molar-refractivity contribution is 5.99. The predicted octanol–water partition coefficient (Wildman–Crippen LogP) is 1.94. The van der Waals surface area contributed by atoms with Crippen molar-refractivity contribution in [1.29, 1.82) is 0 Å². The van der Waals surface area contributed by atoms with Crippen LogP contribution in [0.4, 0.5) is 5.69 Å². The first kappa shape index (κ1) is 15.5. The lowest BCUT2D eigenvalue weighted by Crippen LogP contribution is -2.40. The summed E-state index contributed by atoms with van der Waals surface area (Å²) in [5.41, 5.74) is 0.766. The smallest absolute Gasteiger partial charge is 0.256 e. The van der Waals surface area contributed by atoms with Gasteiger partial charge in [-0.25, -0.2) is 0 Å². The maximum absolute atomic E-state index is 12.1. The fraction of sp³-hybridized carbons (Fsp3) is 0.500. The van der Waals surface area contributed by atoms with Gasteiger partial charge in [-0.3, -0.25) is 9.59 Å². The molecule has 2 amide bonds. The number of aliphatic hydroxyl groups is 1. The van der Waals surface area contributed by atoms with E-state index in [2.05, 4.69) is 5.32 Å². The van der Waals surface area contributed by atoms with Crippen LogP contribution in [0.1, 0.15) is 41.6 Å². The average molecular weight is 290 g/mol. The molecule has 0 spiro atoms. The van der Waals surface area contributed by atoms with Crippen molar-refractivity contribution in [2.75, 3.05) is 19.4 Å². The molecule has 0 unspecified atom stereocenters. The molecule has 1 fully saturated rings. The normalized spacial score (nSPS) is 16.6. The fourth-order valence-corrected chi connectivity index (χ4v) is 2.66. The van der Waals surface area contributed by atoms with E-state index < -0.39 is 5.60 Å². The summed E-state index contributed by atoms with van der Waals surface area (Å²) in [5.74, 6) is -0.425. The van der Waals surface area contributed by atoms with Gasteiger partial charge in [0.25, 0.3) is 11.8 Å². The Balaban J connectivity index is 2.14. The Labute approximate surface area is 125 Å². The van der Waals surface area contributed by atoms with E-state index in [4.69, 9.17) is 0 Å². The number of anilines is 1. The minimum absolute atomic E-state index is 0.0696. The van der Waals surface area contributed by atoms with E-state index in [1.165, 1.54) is 4.90 Å². The molecular formula is C16H22N2O3. The number of amides is 2. The van der Waals surface area contributed by atoms with Gasteiger partial charge in [0.1, 0.15) is 5.60 Å². The quantitative estimate of drug-likeness (QED) is 0.894. The fourth-order valence-electron chi connectivity index (χ4n) is 2.66. The number of nitrogens with one attached hydrogen (secondary N) is 1. The Bertz CT molecular complexity index is 561. The molecule has 0 radical (unpaired) electrons. The van der Waals surface area contributed by atoms with Gasteiger partial charge in [-0.05, 0) is 56.4 Å². The molecular weight excluding hydrogens is 268 g/mol. The lowest BCUT2D eigenvalue weighted by atomic mass is 10.0. The molecule has 0 bridgehead atoms. The van der Waals surface area contributed by atoms with Crippen LogP contribution in [-0.4, -0.2) is 41.5 Å². The van der Waals surface area contributed by atoms with Gasteiger partial charge in [-0.1, -0.05) is 0 Å². The van der Waals surface area contributed by atoms with Crippen LogP contribution in [0, 0.1) is 6.92 Å². The lowest BCUT2D eigenvalue weighted by Gasteiger charge is -2.21. The van der Waals surface area contributed by atoms with Crippen LogP contribution in [0.15, 0.2) is 18.2 Å². The zero-order valence-corrected chi connectivity index (χ0v) is 12.8. The van der Waals surface area contributed by atoms with E-state index in [-0.39, 0.29) is 11.8 Å². The molecule has 1 aromatic rings. The number of carbonyl (C=O) groups excluding carboxylic acids is 2. The molecule has 0 saturated heterocycles. The Kier molecular flexibility index (Phi) is 4.32. The van der Waals surface area contributed by atoms with E-state index in [9.17, 15) is 14.7 Å². The first-order chi connectivity index (χ1) is 9.83. The molecule has 1 aliphatic rings. The Morgan fingerprint density at radius 1 is 1.24 bits per heavy atom. The number of carbonyl (C=O) groups is 2. The van der Waals surface area contributed by atoms with Crippen molar-refractivity contribution < 1.29 is 14.7 Å². The summed E-state index contributed by atoms with van der Waals surface area (Å²) in [7, 11) is 3.40. The van der Waals surface area contributed by atoms with E-state index in [1.54, 1.807) is 32.3 Å². The summed E-state index contributed by atoms with van der Waals surface area (Å²) in [6.45, 7) is 1.83. The molecule has 0 aliphatic heterocycles. The second-order valence-electron chi connectivity index (χ2n) is 5.92. The third kappa shape index (κ3) is 3.24. The lowest BCUT2D eigenvalue weighted by molar-refractivity contribution is -0.133. The van der Waals surface area contributed by atoms with Crippen molar-refractivity contribution in [3.8, 4) is 0 Å². The molecule has 0 aromatic heterocycles. The topological polar surface area (TPSA) is 69.6 Å². The summed E-state index contributed by atoms with van der Waals surface area (Å²) in [6, 6.07) is 5.15. The van der Waals surface area contributed by atoms with Crippen LogP contribution in [0.5, 0.6) is 0 Å². The van der Waals surface area contributed by atoms with Crippen molar-refractivity contribution in [3.63, 3.8) is 0 Å². The molecule has 2 N–H and O–H groups in total. The van der Waals surface area contributed by atoms with Gasteiger partial charge < -0.3 is 15.3 Å². The van der Waals surface area contributed by atoms with Crippen LogP contribution in [-0.2, 0) is 4.79 Å². The van der Waals surface area contributed by atoms with Gasteiger partial charge in [-0.2, -0.15) is 0 Å². The highest BCUT2D eigenvalue weighted by atomic mass is 16.3. The monoisotopic (exact) mass is 290 g/mol. The number of nitrogens with zero attached hydrogens (tertiary/aromatic N) is 1. The molecule has 2 rings (SSSR count). The summed E-state index contributed by atoms with van der Waals surface area (Å²) < 4.78 is 0. The zero-order chi connectivity index (χ0) is 15.6. The summed E-state index contributed by atoms with van der Waals surface area (Å²) >= 11 is 0. The van der Waals surface area contributed by atoms with Crippen molar-refractivity contribution in [1.82, 2.24) is 4.90 Å². The van der Waals surface area contributed by atoms with Crippen LogP contribution in [0.25, 0.3) is 0 Å². The van der Waals surface area contributed by atoms with Gasteiger partial charge in [0.15, 0.2) is 0 Å². The second kappa shape index (κ2) is 5.85. The van der Waals surface area contributed by atoms with Crippen LogP contribution in [0.2, 0.25) is 0 Å². The molecule has 5 heteroatoms. The summed E-state index contributed by atoms with van der Waals surface area (Å²) in [5, 5.41) is 13.0. The third-order valence-electron chi connectivity index (χ3n) is 3.97. The SMILES string of the molecule is Cc1cc(NC(=O)C2(O)CCCC2)ccc1C(=O)N(C)C. The number of benzene rings is 1. The van der Waals surface area contributed by atoms with Gasteiger partial charge in [0.2, 0.25) is 0 Å². The standard InChI is InChI=1S/C16H22N2O3/c1-11-10-12(6-7-13(11)14(19)18(2)3)17-15(20)16(21)8-4-5-9-16/h6-7,10,21H,4-5,8-9H2,1-3H3,(H,17,20). The summed E-state index contributed by atoms with van der Waals surface area (Å²) in [4.78, 5) is 25.6. The molecule has 0 atom stereocenters. The van der Waals surface area contributed by atoms with Crippen molar-refractivity contribution in [3.05, 3.63) is 29.3 Å². The molecule has 1 aliphatic carbocycles. The second-order valence-corrected chi connectivity index (χ2v) is 5.92. The highest BCUT2D eigenvalue weighted by Crippen LogP contribution is 2.30. The number of aryl methyl sites for hydroxylation is 1. The first-order valence-corrected chi connectivity index (χ1v) is 7.20. The maximum Gasteiger partial charge on any atom is 0.256 e. The predicted molar refractivity (Wildman–Crippen MR) is 81.2 cm³/mol. The summed E-state index contributed by atoms with van der Waals surface area (Å²) in [6.07, 6.45) is 2.77. The zero-order valence-electron chi connectivity index (χ0n) is 12.8. The molecule has 5 nitrogen and oxygen atoms in total. The van der Waals surface area contributed by atoms with E-state index >= 15 is 0 Å². The third-order valence-corrected chi connectivity index (χ3v) is 3.97.